The molecule has 8 heteroatoms. The molecule has 0 atom stereocenters. The number of methoxy groups -OCH3 is 1. The first-order valence-electron chi connectivity index (χ1n) is 9.17. The van der Waals surface area contributed by atoms with Crippen molar-refractivity contribution in [3.63, 3.8) is 0 Å². The number of benzene rings is 1. The molecular formula is C21H19N3O5. The van der Waals surface area contributed by atoms with Crippen molar-refractivity contribution < 1.29 is 13.7 Å². The fourth-order valence-corrected chi connectivity index (χ4v) is 3.24. The van der Waals surface area contributed by atoms with Crippen LogP contribution in [0.3, 0.4) is 0 Å². The topological polar surface area (TPSA) is 111 Å². The normalized spacial score (nSPS) is 11.1. The molecule has 148 valence electrons. The summed E-state index contributed by atoms with van der Waals surface area (Å²) < 4.78 is 15.7. The molecule has 29 heavy (non-hydrogen) atoms. The number of aromatic nitrogens is 3. The highest BCUT2D eigenvalue weighted by molar-refractivity contribution is 5.75. The minimum atomic E-state index is -0.522. The molecule has 3 heterocycles. The molecule has 0 spiro atoms. The molecule has 4 rings (SSSR count). The molecule has 8 nitrogen and oxygen atoms in total. The van der Waals surface area contributed by atoms with Crippen LogP contribution in [-0.4, -0.2) is 22.2 Å². The van der Waals surface area contributed by atoms with Gasteiger partial charge in [-0.25, -0.2) is 4.79 Å². The Bertz CT molecular complexity index is 1270. The van der Waals surface area contributed by atoms with Crippen molar-refractivity contribution in [2.45, 2.75) is 26.2 Å². The lowest BCUT2D eigenvalue weighted by Gasteiger charge is -2.04. The largest absolute Gasteiger partial charge is 0.497 e. The second-order valence-electron chi connectivity index (χ2n) is 6.68. The first-order chi connectivity index (χ1) is 14.0. The van der Waals surface area contributed by atoms with Gasteiger partial charge >= 0.3 is 5.63 Å². The summed E-state index contributed by atoms with van der Waals surface area (Å²) in [7, 11) is 1.62. The minimum absolute atomic E-state index is 0.0650. The lowest BCUT2D eigenvalue weighted by atomic mass is 10.1. The molecule has 0 unspecified atom stereocenters. The predicted molar refractivity (Wildman–Crippen MR) is 106 cm³/mol. The van der Waals surface area contributed by atoms with Crippen LogP contribution < -0.4 is 15.9 Å². The average molecular weight is 393 g/mol. The third-order valence-electron chi connectivity index (χ3n) is 4.63. The Labute approximate surface area is 165 Å². The van der Waals surface area contributed by atoms with Gasteiger partial charge in [0.2, 0.25) is 5.71 Å². The van der Waals surface area contributed by atoms with Crippen LogP contribution in [0.15, 0.2) is 54.9 Å². The smallest absolute Gasteiger partial charge is 0.337 e. The van der Waals surface area contributed by atoms with E-state index in [-0.39, 0.29) is 11.3 Å². The van der Waals surface area contributed by atoms with Gasteiger partial charge in [0.25, 0.3) is 5.56 Å². The fraction of sp³-hybridized carbons (Fsp3) is 0.238. The maximum absolute atomic E-state index is 12.3. The molecule has 0 fully saturated rings. The molecule has 1 aromatic carbocycles. The van der Waals surface area contributed by atoms with Crippen molar-refractivity contribution >= 4 is 11.1 Å². The number of hydrogen-bond donors (Lipinski definition) is 1. The summed E-state index contributed by atoms with van der Waals surface area (Å²) in [5, 5.41) is 4.42. The Balaban J connectivity index is 1.49. The van der Waals surface area contributed by atoms with Crippen LogP contribution in [0.1, 0.15) is 23.6 Å². The van der Waals surface area contributed by atoms with Gasteiger partial charge in [0.15, 0.2) is 0 Å². The number of H-pyrrole nitrogens is 1. The second kappa shape index (κ2) is 7.75. The summed E-state index contributed by atoms with van der Waals surface area (Å²) in [5.41, 5.74) is 1.51. The van der Waals surface area contributed by atoms with Gasteiger partial charge in [-0.2, -0.15) is 4.98 Å². The van der Waals surface area contributed by atoms with Gasteiger partial charge in [-0.05, 0) is 49.6 Å². The number of fused-ring (bicyclic) bond motifs is 1. The lowest BCUT2D eigenvalue weighted by molar-refractivity contribution is 0.382. The zero-order chi connectivity index (χ0) is 20.4. The van der Waals surface area contributed by atoms with E-state index in [1.165, 1.54) is 6.07 Å². The quantitative estimate of drug-likeness (QED) is 0.536. The van der Waals surface area contributed by atoms with Crippen molar-refractivity contribution in [1.29, 1.82) is 0 Å². The maximum atomic E-state index is 12.3. The number of aromatic amines is 1. The van der Waals surface area contributed by atoms with Crippen molar-refractivity contribution in [2.75, 3.05) is 7.11 Å². The second-order valence-corrected chi connectivity index (χ2v) is 6.68. The molecule has 0 amide bonds. The Morgan fingerprint density at radius 1 is 1.10 bits per heavy atom. The summed E-state index contributed by atoms with van der Waals surface area (Å²) in [4.78, 5) is 30.8. The lowest BCUT2D eigenvalue weighted by Crippen LogP contribution is -2.15. The van der Waals surface area contributed by atoms with Crippen molar-refractivity contribution in [2.24, 2.45) is 0 Å². The number of rotatable bonds is 6. The highest BCUT2D eigenvalue weighted by Gasteiger charge is 2.13. The van der Waals surface area contributed by atoms with Crippen LogP contribution in [0.5, 0.6) is 5.75 Å². The first kappa shape index (κ1) is 18.7. The van der Waals surface area contributed by atoms with Crippen LogP contribution in [0.2, 0.25) is 0 Å². The van der Waals surface area contributed by atoms with Crippen LogP contribution >= 0.6 is 0 Å². The Kier molecular flexibility index (Phi) is 4.99. The molecule has 0 saturated heterocycles. The third kappa shape index (κ3) is 3.96. The maximum Gasteiger partial charge on any atom is 0.337 e. The molecule has 3 aromatic heterocycles. The molecule has 4 aromatic rings. The number of nitrogens with one attached hydrogen (secondary N) is 1. The van der Waals surface area contributed by atoms with E-state index < -0.39 is 5.63 Å². The number of hydrogen-bond acceptors (Lipinski definition) is 7. The van der Waals surface area contributed by atoms with Crippen LogP contribution in [0.25, 0.3) is 22.4 Å². The van der Waals surface area contributed by atoms with E-state index in [9.17, 15) is 9.59 Å². The van der Waals surface area contributed by atoms with Crippen LogP contribution in [0.4, 0.5) is 0 Å². The number of ether oxygens (including phenoxy) is 1. The zero-order valence-corrected chi connectivity index (χ0v) is 16.0. The standard InChI is InChI=1S/C21H19N3O5/c1-12-22-20(26)19-14(10-18(25)28-21(19)23-12)4-3-5-16-11-17(24-29-16)13-6-8-15(27-2)9-7-13/h6-11H,3-5H2,1-2H3,(H,22,23,26). The minimum Gasteiger partial charge on any atom is -0.497 e. The average Bonchev–Trinajstić information content (AvgIpc) is 3.16. The van der Waals surface area contributed by atoms with E-state index in [0.29, 0.717) is 36.0 Å². The van der Waals surface area contributed by atoms with Gasteiger partial charge in [0.1, 0.15) is 28.4 Å². The molecule has 0 radical (unpaired) electrons. The van der Waals surface area contributed by atoms with Gasteiger partial charge < -0.3 is 18.7 Å². The van der Waals surface area contributed by atoms with E-state index >= 15 is 0 Å². The summed E-state index contributed by atoms with van der Waals surface area (Å²) in [6.45, 7) is 1.64. The summed E-state index contributed by atoms with van der Waals surface area (Å²) in [6, 6.07) is 10.8. The van der Waals surface area contributed by atoms with Crippen molar-refractivity contribution in [1.82, 2.24) is 15.1 Å². The van der Waals surface area contributed by atoms with Gasteiger partial charge in [-0.1, -0.05) is 5.16 Å². The summed E-state index contributed by atoms with van der Waals surface area (Å²) >= 11 is 0. The van der Waals surface area contributed by atoms with E-state index in [1.54, 1.807) is 14.0 Å². The molecular weight excluding hydrogens is 374 g/mol. The SMILES string of the molecule is COc1ccc(-c2cc(CCCc3cc(=O)oc4nc(C)[nH]c(=O)c34)on2)cc1. The van der Waals surface area contributed by atoms with E-state index in [0.717, 1.165) is 22.8 Å². The number of aryl methyl sites for hydroxylation is 3. The Morgan fingerprint density at radius 2 is 1.90 bits per heavy atom. The van der Waals surface area contributed by atoms with E-state index in [1.807, 2.05) is 30.3 Å². The number of nitrogens with zero attached hydrogens (tertiary/aromatic N) is 2. The summed E-state index contributed by atoms with van der Waals surface area (Å²) in [5.74, 6) is 1.90. The molecule has 0 saturated carbocycles. The first-order valence-corrected chi connectivity index (χ1v) is 9.17. The predicted octanol–water partition coefficient (Wildman–Crippen LogP) is 3.02. The molecule has 0 aliphatic rings. The molecule has 0 bridgehead atoms. The highest BCUT2D eigenvalue weighted by atomic mass is 16.5. The van der Waals surface area contributed by atoms with Gasteiger partial charge in [-0.15, -0.1) is 0 Å². The fourth-order valence-electron chi connectivity index (χ4n) is 3.24. The Hall–Kier alpha value is -3.68. The molecule has 0 aliphatic carbocycles. The van der Waals surface area contributed by atoms with E-state index in [2.05, 4.69) is 15.1 Å². The van der Waals surface area contributed by atoms with Gasteiger partial charge in [0, 0.05) is 24.1 Å². The van der Waals surface area contributed by atoms with Crippen molar-refractivity contribution in [3.05, 3.63) is 74.3 Å². The monoisotopic (exact) mass is 393 g/mol. The summed E-state index contributed by atoms with van der Waals surface area (Å²) in [6.07, 6.45) is 1.79. The van der Waals surface area contributed by atoms with Crippen molar-refractivity contribution in [3.8, 4) is 17.0 Å². The highest BCUT2D eigenvalue weighted by Crippen LogP contribution is 2.23. The Morgan fingerprint density at radius 3 is 2.66 bits per heavy atom. The molecule has 1 N–H and O–H groups in total. The third-order valence-corrected chi connectivity index (χ3v) is 4.63. The van der Waals surface area contributed by atoms with Crippen LogP contribution in [0, 0.1) is 6.92 Å². The van der Waals surface area contributed by atoms with Crippen LogP contribution in [-0.2, 0) is 12.8 Å². The molecule has 0 aliphatic heterocycles. The zero-order valence-electron chi connectivity index (χ0n) is 16.0. The van der Waals surface area contributed by atoms with Gasteiger partial charge in [-0.3, -0.25) is 4.79 Å². The van der Waals surface area contributed by atoms with E-state index in [4.69, 9.17) is 13.7 Å². The van der Waals surface area contributed by atoms with Gasteiger partial charge in [0.05, 0.1) is 7.11 Å².